The molecule has 0 aliphatic carbocycles. The second kappa shape index (κ2) is 11.5. The molecule has 0 saturated carbocycles. The van der Waals surface area contributed by atoms with E-state index in [2.05, 4.69) is 10.3 Å². The van der Waals surface area contributed by atoms with E-state index in [-0.39, 0.29) is 18.2 Å². The number of ether oxygens (including phenoxy) is 2. The first-order valence-corrected chi connectivity index (χ1v) is 13.8. The number of amides is 1. The van der Waals surface area contributed by atoms with Crippen LogP contribution in [0.15, 0.2) is 73.1 Å². The Hall–Kier alpha value is -3.82. The van der Waals surface area contributed by atoms with Crippen molar-refractivity contribution in [3.05, 3.63) is 89.2 Å². The van der Waals surface area contributed by atoms with Crippen molar-refractivity contribution in [1.29, 1.82) is 0 Å². The van der Waals surface area contributed by atoms with Gasteiger partial charge in [0.2, 0.25) is 0 Å². The fourth-order valence-corrected chi connectivity index (χ4v) is 5.41. The number of anilines is 2. The number of benzene rings is 1. The first kappa shape index (κ1) is 26.8. The van der Waals surface area contributed by atoms with Crippen LogP contribution in [0.5, 0.6) is 0 Å². The Morgan fingerprint density at radius 3 is 2.67 bits per heavy atom. The number of aromatic nitrogens is 3. The van der Waals surface area contributed by atoms with Gasteiger partial charge in [0.15, 0.2) is 0 Å². The van der Waals surface area contributed by atoms with E-state index in [0.29, 0.717) is 25.4 Å². The second-order valence-electron chi connectivity index (χ2n) is 10.6. The molecular weight excluding hydrogens is 510 g/mol. The number of thiazole rings is 1. The quantitative estimate of drug-likeness (QED) is 0.271. The van der Waals surface area contributed by atoms with Crippen LogP contribution in [0.25, 0.3) is 10.6 Å². The van der Waals surface area contributed by atoms with Gasteiger partial charge in [-0.05, 0) is 63.1 Å². The lowest BCUT2D eigenvalue weighted by Crippen LogP contribution is -2.37. The van der Waals surface area contributed by atoms with Crippen molar-refractivity contribution in [2.24, 2.45) is 0 Å². The normalized spacial score (nSPS) is 17.3. The molecule has 1 N–H and O–H groups in total. The summed E-state index contributed by atoms with van der Waals surface area (Å²) in [6, 6.07) is 19.6. The molecule has 8 nitrogen and oxygen atoms in total. The van der Waals surface area contributed by atoms with Crippen molar-refractivity contribution in [3.63, 3.8) is 0 Å². The fraction of sp³-hybridized carbons (Fsp3) is 0.333. The number of hydrogen-bond donors (Lipinski definition) is 1. The minimum Gasteiger partial charge on any atom is -0.444 e. The number of nitrogens with zero attached hydrogens (tertiary/aromatic N) is 4. The molecule has 0 bridgehead atoms. The molecule has 39 heavy (non-hydrogen) atoms. The first-order valence-electron chi connectivity index (χ1n) is 13.0. The minimum absolute atomic E-state index is 0.123. The summed E-state index contributed by atoms with van der Waals surface area (Å²) in [5, 5.41) is 4.11. The Morgan fingerprint density at radius 2 is 1.90 bits per heavy atom. The number of nitrogens with one attached hydrogen (secondary N) is 1. The van der Waals surface area contributed by atoms with Crippen LogP contribution >= 0.6 is 11.3 Å². The minimum atomic E-state index is -0.595. The maximum Gasteiger partial charge on any atom is 0.410 e. The van der Waals surface area contributed by atoms with Gasteiger partial charge in [-0.1, -0.05) is 36.4 Å². The standard InChI is InChI=1S/C30H33N5O3S/c1-20-13-14-31-27(15-20)34-26-12-8-11-23(33-26)25-17-32-28(39-25)24-16-22(37-19-21-9-6-5-7-10-21)18-35(24)29(36)38-30(2,3)4/h5-15,17,22,24H,16,18-19H2,1-4H3,(H,31,33,34)/t22-,24+/m1/s1. The SMILES string of the molecule is Cc1ccnc(Nc2cccc(-c3cnc([C@@H]4C[C@@H](OCc5ccccc5)CN4C(=O)OC(C)(C)C)s3)n2)c1. The van der Waals surface area contributed by atoms with Crippen LogP contribution in [0, 0.1) is 6.92 Å². The fourth-order valence-electron chi connectivity index (χ4n) is 4.40. The lowest BCUT2D eigenvalue weighted by atomic mass is 10.2. The van der Waals surface area contributed by atoms with Gasteiger partial charge in [-0.25, -0.2) is 19.7 Å². The smallest absolute Gasteiger partial charge is 0.410 e. The molecule has 1 aromatic carbocycles. The lowest BCUT2D eigenvalue weighted by molar-refractivity contribution is 0.0148. The maximum absolute atomic E-state index is 13.2. The highest BCUT2D eigenvalue weighted by Crippen LogP contribution is 2.39. The van der Waals surface area contributed by atoms with Gasteiger partial charge >= 0.3 is 6.09 Å². The Kier molecular flexibility index (Phi) is 7.90. The largest absolute Gasteiger partial charge is 0.444 e. The molecule has 0 unspecified atom stereocenters. The molecule has 1 aliphatic heterocycles. The summed E-state index contributed by atoms with van der Waals surface area (Å²) in [4.78, 5) is 29.7. The average molecular weight is 544 g/mol. The van der Waals surface area contributed by atoms with E-state index >= 15 is 0 Å². The van der Waals surface area contributed by atoms with E-state index in [0.717, 1.165) is 32.5 Å². The number of rotatable bonds is 7. The summed E-state index contributed by atoms with van der Waals surface area (Å²) in [6.07, 6.45) is 3.76. The molecule has 0 radical (unpaired) electrons. The number of aryl methyl sites for hydroxylation is 1. The van der Waals surface area contributed by atoms with Gasteiger partial charge in [-0.2, -0.15) is 0 Å². The van der Waals surface area contributed by atoms with Crippen LogP contribution in [0.4, 0.5) is 16.4 Å². The van der Waals surface area contributed by atoms with E-state index in [1.165, 1.54) is 11.3 Å². The zero-order valence-corrected chi connectivity index (χ0v) is 23.4. The van der Waals surface area contributed by atoms with E-state index in [1.54, 1.807) is 11.1 Å². The van der Waals surface area contributed by atoms with Crippen LogP contribution < -0.4 is 5.32 Å². The number of pyridine rings is 2. The van der Waals surface area contributed by atoms with Gasteiger partial charge in [-0.3, -0.25) is 4.90 Å². The summed E-state index contributed by atoms with van der Waals surface area (Å²) in [7, 11) is 0. The topological polar surface area (TPSA) is 89.5 Å². The summed E-state index contributed by atoms with van der Waals surface area (Å²) in [6.45, 7) is 8.58. The molecule has 202 valence electrons. The molecule has 4 aromatic rings. The molecule has 5 rings (SSSR count). The van der Waals surface area contributed by atoms with Crippen LogP contribution in [0.1, 0.15) is 49.4 Å². The highest BCUT2D eigenvalue weighted by atomic mass is 32.1. The van der Waals surface area contributed by atoms with E-state index in [1.807, 2.05) is 94.6 Å². The van der Waals surface area contributed by atoms with Gasteiger partial charge in [-0.15, -0.1) is 11.3 Å². The third-order valence-corrected chi connectivity index (χ3v) is 7.32. The number of likely N-dealkylation sites (tertiary alicyclic amines) is 1. The van der Waals surface area contributed by atoms with Gasteiger partial charge in [0.1, 0.15) is 22.2 Å². The third-order valence-electron chi connectivity index (χ3n) is 6.20. The van der Waals surface area contributed by atoms with Crippen molar-refractivity contribution < 1.29 is 14.3 Å². The highest BCUT2D eigenvalue weighted by molar-refractivity contribution is 7.15. The summed E-state index contributed by atoms with van der Waals surface area (Å²) in [5.74, 6) is 1.44. The second-order valence-corrected chi connectivity index (χ2v) is 11.7. The van der Waals surface area contributed by atoms with Crippen LogP contribution in [-0.2, 0) is 16.1 Å². The summed E-state index contributed by atoms with van der Waals surface area (Å²) >= 11 is 1.53. The Bertz CT molecular complexity index is 1420. The molecule has 1 amide bonds. The molecule has 4 heterocycles. The van der Waals surface area contributed by atoms with Crippen molar-refractivity contribution in [2.45, 2.75) is 58.5 Å². The lowest BCUT2D eigenvalue weighted by Gasteiger charge is -2.27. The average Bonchev–Trinajstić information content (AvgIpc) is 3.55. The maximum atomic E-state index is 13.2. The Labute approximate surface area is 233 Å². The van der Waals surface area contributed by atoms with Gasteiger partial charge < -0.3 is 14.8 Å². The molecule has 1 saturated heterocycles. The van der Waals surface area contributed by atoms with Crippen LogP contribution in [0.2, 0.25) is 0 Å². The van der Waals surface area contributed by atoms with Crippen molar-refractivity contribution >= 4 is 29.1 Å². The van der Waals surface area contributed by atoms with Crippen molar-refractivity contribution in [3.8, 4) is 10.6 Å². The zero-order valence-electron chi connectivity index (χ0n) is 22.6. The highest BCUT2D eigenvalue weighted by Gasteiger charge is 2.40. The van der Waals surface area contributed by atoms with E-state index in [4.69, 9.17) is 19.4 Å². The Morgan fingerprint density at radius 1 is 1.08 bits per heavy atom. The van der Waals surface area contributed by atoms with Gasteiger partial charge in [0, 0.05) is 18.8 Å². The molecule has 0 spiro atoms. The summed E-state index contributed by atoms with van der Waals surface area (Å²) < 4.78 is 12.0. The van der Waals surface area contributed by atoms with Crippen LogP contribution in [0.3, 0.4) is 0 Å². The molecule has 1 aliphatic rings. The molecule has 2 atom stereocenters. The zero-order chi connectivity index (χ0) is 27.4. The Balaban J connectivity index is 1.34. The first-order chi connectivity index (χ1) is 18.7. The monoisotopic (exact) mass is 543 g/mol. The van der Waals surface area contributed by atoms with E-state index in [9.17, 15) is 4.79 Å². The molecular formula is C30H33N5O3S. The molecule has 1 fully saturated rings. The summed E-state index contributed by atoms with van der Waals surface area (Å²) in [5.41, 5.74) is 2.42. The van der Waals surface area contributed by atoms with Crippen LogP contribution in [-0.4, -0.2) is 44.2 Å². The van der Waals surface area contributed by atoms with Crippen molar-refractivity contribution in [1.82, 2.24) is 19.9 Å². The molecule has 9 heteroatoms. The number of hydrogen-bond acceptors (Lipinski definition) is 8. The van der Waals surface area contributed by atoms with E-state index < -0.39 is 5.60 Å². The predicted octanol–water partition coefficient (Wildman–Crippen LogP) is 6.92. The van der Waals surface area contributed by atoms with Crippen molar-refractivity contribution in [2.75, 3.05) is 11.9 Å². The number of carbonyl (C=O) groups excluding carboxylic acids is 1. The van der Waals surface area contributed by atoms with Gasteiger partial charge in [0.25, 0.3) is 0 Å². The predicted molar refractivity (Wildman–Crippen MR) is 153 cm³/mol. The molecule has 3 aromatic heterocycles. The van der Waals surface area contributed by atoms with Gasteiger partial charge in [0.05, 0.1) is 35.9 Å². The number of carbonyl (C=O) groups is 1. The third kappa shape index (κ3) is 6.99.